The van der Waals surface area contributed by atoms with Crippen molar-refractivity contribution >= 4 is 5.91 Å². The standard InChI is InChI=1S/C20H23NO4/c1-24-17-6-7-18(19(12-17)25-2)20(23)21-9-8-15(13-21)10-14-4-3-5-16(22)11-14/h3-7,11-12,15,22H,8-10,13H2,1-2H3. The number of aromatic hydroxyl groups is 1. The Hall–Kier alpha value is -2.69. The number of phenolic OH excluding ortho intramolecular Hbond substituents is 1. The third kappa shape index (κ3) is 3.87. The van der Waals surface area contributed by atoms with E-state index in [4.69, 9.17) is 9.47 Å². The number of ether oxygens (including phenoxy) is 2. The van der Waals surface area contributed by atoms with Crippen LogP contribution in [0.2, 0.25) is 0 Å². The molecule has 0 saturated carbocycles. The molecule has 5 nitrogen and oxygen atoms in total. The van der Waals surface area contributed by atoms with Gasteiger partial charge in [0, 0.05) is 19.2 Å². The first-order valence-electron chi connectivity index (χ1n) is 8.40. The van der Waals surface area contributed by atoms with E-state index in [1.807, 2.05) is 17.0 Å². The molecule has 1 heterocycles. The molecule has 0 bridgehead atoms. The van der Waals surface area contributed by atoms with Gasteiger partial charge in [0.2, 0.25) is 0 Å². The number of phenols is 1. The Labute approximate surface area is 147 Å². The maximum absolute atomic E-state index is 12.8. The normalized spacial score (nSPS) is 16.7. The van der Waals surface area contributed by atoms with Gasteiger partial charge in [0.25, 0.3) is 5.91 Å². The Bertz CT molecular complexity index is 759. The molecule has 1 unspecified atom stereocenters. The fraction of sp³-hybridized carbons (Fsp3) is 0.350. The molecule has 1 N–H and O–H groups in total. The maximum atomic E-state index is 12.8. The summed E-state index contributed by atoms with van der Waals surface area (Å²) in [6, 6.07) is 12.6. The molecular formula is C20H23NO4. The molecule has 1 amide bonds. The Kier molecular flexibility index (Phi) is 5.12. The summed E-state index contributed by atoms with van der Waals surface area (Å²) in [7, 11) is 3.14. The molecule has 3 rings (SSSR count). The number of carbonyl (C=O) groups is 1. The lowest BCUT2D eigenvalue weighted by atomic mass is 9.98. The van der Waals surface area contributed by atoms with Gasteiger partial charge in [-0.3, -0.25) is 4.79 Å². The van der Waals surface area contributed by atoms with Crippen molar-refractivity contribution in [2.24, 2.45) is 5.92 Å². The van der Waals surface area contributed by atoms with Gasteiger partial charge in [0.05, 0.1) is 19.8 Å². The van der Waals surface area contributed by atoms with E-state index in [9.17, 15) is 9.90 Å². The minimum Gasteiger partial charge on any atom is -0.508 e. The van der Waals surface area contributed by atoms with Crippen LogP contribution in [0.5, 0.6) is 17.2 Å². The zero-order chi connectivity index (χ0) is 17.8. The molecule has 1 saturated heterocycles. The monoisotopic (exact) mass is 341 g/mol. The molecule has 2 aromatic carbocycles. The molecule has 0 spiro atoms. The Balaban J connectivity index is 1.68. The number of benzene rings is 2. The summed E-state index contributed by atoms with van der Waals surface area (Å²) in [5.74, 6) is 1.86. The van der Waals surface area contributed by atoms with Crippen molar-refractivity contribution in [3.05, 3.63) is 53.6 Å². The minimum absolute atomic E-state index is 0.0158. The van der Waals surface area contributed by atoms with E-state index >= 15 is 0 Å². The van der Waals surface area contributed by atoms with Crippen molar-refractivity contribution in [1.82, 2.24) is 4.90 Å². The summed E-state index contributed by atoms with van der Waals surface area (Å²) in [6.45, 7) is 1.45. The van der Waals surface area contributed by atoms with Crippen LogP contribution < -0.4 is 9.47 Å². The molecular weight excluding hydrogens is 318 g/mol. The van der Waals surface area contributed by atoms with Gasteiger partial charge in [-0.2, -0.15) is 0 Å². The van der Waals surface area contributed by atoms with Crippen LogP contribution in [0.1, 0.15) is 22.3 Å². The van der Waals surface area contributed by atoms with Crippen LogP contribution in [-0.2, 0) is 6.42 Å². The predicted molar refractivity (Wildman–Crippen MR) is 95.4 cm³/mol. The summed E-state index contributed by atoms with van der Waals surface area (Å²) < 4.78 is 10.5. The number of amides is 1. The largest absolute Gasteiger partial charge is 0.508 e. The number of rotatable bonds is 5. The molecule has 1 atom stereocenters. The lowest BCUT2D eigenvalue weighted by molar-refractivity contribution is 0.0783. The van der Waals surface area contributed by atoms with E-state index in [0.717, 1.165) is 24.9 Å². The second-order valence-electron chi connectivity index (χ2n) is 6.35. The summed E-state index contributed by atoms with van der Waals surface area (Å²) in [5.41, 5.74) is 1.66. The molecule has 1 aliphatic heterocycles. The third-order valence-electron chi connectivity index (χ3n) is 4.65. The van der Waals surface area contributed by atoms with Gasteiger partial charge in [-0.25, -0.2) is 0 Å². The van der Waals surface area contributed by atoms with Gasteiger partial charge in [-0.1, -0.05) is 12.1 Å². The number of carbonyl (C=O) groups excluding carboxylic acids is 1. The zero-order valence-electron chi connectivity index (χ0n) is 14.6. The summed E-state index contributed by atoms with van der Waals surface area (Å²) in [4.78, 5) is 14.7. The number of hydrogen-bond donors (Lipinski definition) is 1. The number of likely N-dealkylation sites (tertiary alicyclic amines) is 1. The van der Waals surface area contributed by atoms with Crippen LogP contribution in [-0.4, -0.2) is 43.2 Å². The van der Waals surface area contributed by atoms with E-state index < -0.39 is 0 Å². The predicted octanol–water partition coefficient (Wildman–Crippen LogP) is 3.11. The van der Waals surface area contributed by atoms with Gasteiger partial charge >= 0.3 is 0 Å². The first-order chi connectivity index (χ1) is 12.1. The van der Waals surface area contributed by atoms with Crippen LogP contribution in [0.25, 0.3) is 0 Å². The van der Waals surface area contributed by atoms with Gasteiger partial charge in [0.1, 0.15) is 17.2 Å². The molecule has 132 valence electrons. The zero-order valence-corrected chi connectivity index (χ0v) is 14.6. The Morgan fingerprint density at radius 2 is 2.04 bits per heavy atom. The van der Waals surface area contributed by atoms with Crippen LogP contribution in [0, 0.1) is 5.92 Å². The quantitative estimate of drug-likeness (QED) is 0.908. The number of methoxy groups -OCH3 is 2. The van der Waals surface area contributed by atoms with E-state index in [-0.39, 0.29) is 11.7 Å². The van der Waals surface area contributed by atoms with Crippen molar-refractivity contribution in [2.45, 2.75) is 12.8 Å². The maximum Gasteiger partial charge on any atom is 0.257 e. The fourth-order valence-electron chi connectivity index (χ4n) is 3.35. The molecule has 2 aromatic rings. The van der Waals surface area contributed by atoms with Crippen molar-refractivity contribution in [3.8, 4) is 17.2 Å². The van der Waals surface area contributed by atoms with Crippen molar-refractivity contribution in [1.29, 1.82) is 0 Å². The van der Waals surface area contributed by atoms with E-state index in [1.54, 1.807) is 44.6 Å². The fourth-order valence-corrected chi connectivity index (χ4v) is 3.35. The molecule has 0 radical (unpaired) electrons. The highest BCUT2D eigenvalue weighted by molar-refractivity contribution is 5.97. The highest BCUT2D eigenvalue weighted by atomic mass is 16.5. The van der Waals surface area contributed by atoms with Crippen molar-refractivity contribution < 1.29 is 19.4 Å². The molecule has 25 heavy (non-hydrogen) atoms. The van der Waals surface area contributed by atoms with Crippen LogP contribution in [0.15, 0.2) is 42.5 Å². The lowest BCUT2D eigenvalue weighted by Gasteiger charge is -2.18. The minimum atomic E-state index is -0.0158. The lowest BCUT2D eigenvalue weighted by Crippen LogP contribution is -2.29. The molecule has 0 aliphatic carbocycles. The average Bonchev–Trinajstić information content (AvgIpc) is 3.09. The van der Waals surface area contributed by atoms with Crippen LogP contribution >= 0.6 is 0 Å². The first kappa shape index (κ1) is 17.1. The van der Waals surface area contributed by atoms with E-state index in [2.05, 4.69) is 0 Å². The Morgan fingerprint density at radius 1 is 1.20 bits per heavy atom. The van der Waals surface area contributed by atoms with Crippen molar-refractivity contribution in [2.75, 3.05) is 27.3 Å². The highest BCUT2D eigenvalue weighted by Crippen LogP contribution is 2.29. The third-order valence-corrected chi connectivity index (χ3v) is 4.65. The Morgan fingerprint density at radius 3 is 2.76 bits per heavy atom. The molecule has 5 heteroatoms. The summed E-state index contributed by atoms with van der Waals surface area (Å²) in [5, 5.41) is 9.59. The average molecular weight is 341 g/mol. The SMILES string of the molecule is COc1ccc(C(=O)N2CCC(Cc3cccc(O)c3)C2)c(OC)c1. The second-order valence-corrected chi connectivity index (χ2v) is 6.35. The molecule has 1 aliphatic rings. The molecule has 1 fully saturated rings. The van der Waals surface area contributed by atoms with Gasteiger partial charge in [-0.05, 0) is 48.6 Å². The summed E-state index contributed by atoms with van der Waals surface area (Å²) >= 11 is 0. The van der Waals surface area contributed by atoms with Gasteiger partial charge < -0.3 is 19.5 Å². The smallest absolute Gasteiger partial charge is 0.257 e. The molecule has 0 aromatic heterocycles. The second kappa shape index (κ2) is 7.47. The van der Waals surface area contributed by atoms with E-state index in [0.29, 0.717) is 29.5 Å². The first-order valence-corrected chi connectivity index (χ1v) is 8.40. The van der Waals surface area contributed by atoms with E-state index in [1.165, 1.54) is 0 Å². The van der Waals surface area contributed by atoms with Crippen LogP contribution in [0.4, 0.5) is 0 Å². The van der Waals surface area contributed by atoms with Crippen LogP contribution in [0.3, 0.4) is 0 Å². The summed E-state index contributed by atoms with van der Waals surface area (Å²) in [6.07, 6.45) is 1.82. The van der Waals surface area contributed by atoms with Gasteiger partial charge in [0.15, 0.2) is 0 Å². The number of nitrogens with zero attached hydrogens (tertiary/aromatic N) is 1. The number of hydrogen-bond acceptors (Lipinski definition) is 4. The van der Waals surface area contributed by atoms with Crippen molar-refractivity contribution in [3.63, 3.8) is 0 Å². The highest BCUT2D eigenvalue weighted by Gasteiger charge is 2.28. The van der Waals surface area contributed by atoms with Gasteiger partial charge in [-0.15, -0.1) is 0 Å². The topological polar surface area (TPSA) is 59.0 Å².